The van der Waals surface area contributed by atoms with Crippen molar-refractivity contribution in [1.29, 1.82) is 0 Å². The second kappa shape index (κ2) is 4.25. The molecular formula is C10H14N2O3. The minimum Gasteiger partial charge on any atom is -0.443 e. The first kappa shape index (κ1) is 11.4. The lowest BCUT2D eigenvalue weighted by molar-refractivity contribution is -0.107. The Kier molecular flexibility index (Phi) is 3.24. The molecule has 0 unspecified atom stereocenters. The minimum absolute atomic E-state index is 0.103. The summed E-state index contributed by atoms with van der Waals surface area (Å²) in [5.41, 5.74) is -0.556. The largest absolute Gasteiger partial charge is 0.443 e. The van der Waals surface area contributed by atoms with Crippen molar-refractivity contribution < 1.29 is 14.3 Å². The molecule has 1 rings (SSSR count). The smallest absolute Gasteiger partial charge is 0.420 e. The Morgan fingerprint density at radius 1 is 1.60 bits per heavy atom. The van der Waals surface area contributed by atoms with Crippen molar-refractivity contribution in [1.82, 2.24) is 9.55 Å². The molecule has 0 aliphatic rings. The Labute approximate surface area is 88.1 Å². The third-order valence-corrected chi connectivity index (χ3v) is 1.57. The van der Waals surface area contributed by atoms with E-state index in [9.17, 15) is 9.59 Å². The van der Waals surface area contributed by atoms with E-state index < -0.39 is 11.7 Å². The van der Waals surface area contributed by atoms with Crippen LogP contribution in [0.15, 0.2) is 12.4 Å². The maximum atomic E-state index is 11.6. The number of ether oxygens (including phenoxy) is 1. The molecule has 0 saturated carbocycles. The molecule has 0 aliphatic heterocycles. The fourth-order valence-electron chi connectivity index (χ4n) is 1.04. The first-order valence-electron chi connectivity index (χ1n) is 4.63. The van der Waals surface area contributed by atoms with E-state index in [4.69, 9.17) is 4.74 Å². The van der Waals surface area contributed by atoms with Crippen molar-refractivity contribution in [3.8, 4) is 0 Å². The van der Waals surface area contributed by atoms with Crippen LogP contribution < -0.4 is 0 Å². The molecule has 1 aromatic rings. The minimum atomic E-state index is -0.556. The van der Waals surface area contributed by atoms with Crippen LogP contribution in [0.3, 0.4) is 0 Å². The van der Waals surface area contributed by atoms with E-state index in [-0.39, 0.29) is 6.42 Å². The molecule has 0 aromatic carbocycles. The van der Waals surface area contributed by atoms with E-state index in [1.807, 2.05) is 0 Å². The summed E-state index contributed by atoms with van der Waals surface area (Å²) in [6, 6.07) is 0. The number of nitrogens with zero attached hydrogens (tertiary/aromatic N) is 2. The Morgan fingerprint density at radius 3 is 2.80 bits per heavy atom. The van der Waals surface area contributed by atoms with Crippen LogP contribution in [0.4, 0.5) is 4.79 Å². The highest BCUT2D eigenvalue weighted by Crippen LogP contribution is 2.10. The molecule has 0 aliphatic carbocycles. The summed E-state index contributed by atoms with van der Waals surface area (Å²) in [6.45, 7) is 5.34. The van der Waals surface area contributed by atoms with Gasteiger partial charge in [-0.15, -0.1) is 0 Å². The topological polar surface area (TPSA) is 61.2 Å². The van der Waals surface area contributed by atoms with Crippen molar-refractivity contribution in [2.24, 2.45) is 0 Å². The van der Waals surface area contributed by atoms with Crippen LogP contribution in [0.5, 0.6) is 0 Å². The first-order valence-corrected chi connectivity index (χ1v) is 4.63. The predicted molar refractivity (Wildman–Crippen MR) is 53.6 cm³/mol. The molecule has 0 amide bonds. The second-order valence-corrected chi connectivity index (χ2v) is 4.06. The van der Waals surface area contributed by atoms with Crippen molar-refractivity contribution in [2.45, 2.75) is 32.8 Å². The summed E-state index contributed by atoms with van der Waals surface area (Å²) in [7, 11) is 0. The molecule has 0 spiro atoms. The van der Waals surface area contributed by atoms with Gasteiger partial charge in [0.15, 0.2) is 0 Å². The van der Waals surface area contributed by atoms with Gasteiger partial charge in [0.2, 0.25) is 0 Å². The van der Waals surface area contributed by atoms with Gasteiger partial charge in [0.25, 0.3) is 0 Å². The standard InChI is InChI=1S/C10H14N2O3/c1-10(2,3)15-9(14)12-6-5-11-8(12)4-7-13/h5-7H,4H2,1-3H3. The molecule has 1 aromatic heterocycles. The van der Waals surface area contributed by atoms with Gasteiger partial charge in [-0.05, 0) is 20.8 Å². The van der Waals surface area contributed by atoms with Crippen LogP contribution in [0.1, 0.15) is 26.6 Å². The number of aldehydes is 1. The number of hydrogen-bond donors (Lipinski definition) is 0. The summed E-state index contributed by atoms with van der Waals surface area (Å²) < 4.78 is 6.37. The van der Waals surface area contributed by atoms with E-state index >= 15 is 0 Å². The van der Waals surface area contributed by atoms with Gasteiger partial charge in [-0.3, -0.25) is 0 Å². The average molecular weight is 210 g/mol. The van der Waals surface area contributed by atoms with Crippen molar-refractivity contribution in [3.63, 3.8) is 0 Å². The molecule has 1 heterocycles. The van der Waals surface area contributed by atoms with Gasteiger partial charge in [0, 0.05) is 12.4 Å². The third kappa shape index (κ3) is 3.19. The van der Waals surface area contributed by atoms with E-state index in [0.717, 1.165) is 0 Å². The summed E-state index contributed by atoms with van der Waals surface area (Å²) in [4.78, 5) is 25.8. The number of rotatable bonds is 2. The summed E-state index contributed by atoms with van der Waals surface area (Å²) in [5, 5.41) is 0. The van der Waals surface area contributed by atoms with Crippen LogP contribution in [0.2, 0.25) is 0 Å². The van der Waals surface area contributed by atoms with Gasteiger partial charge < -0.3 is 9.53 Å². The molecule has 0 radical (unpaired) electrons. The van der Waals surface area contributed by atoms with E-state index in [0.29, 0.717) is 12.1 Å². The van der Waals surface area contributed by atoms with Gasteiger partial charge in [-0.2, -0.15) is 0 Å². The number of carbonyl (C=O) groups is 2. The molecule has 0 bridgehead atoms. The summed E-state index contributed by atoms with van der Waals surface area (Å²) in [5.74, 6) is 0.388. The Hall–Kier alpha value is -1.65. The van der Waals surface area contributed by atoms with Gasteiger partial charge in [-0.1, -0.05) is 0 Å². The zero-order chi connectivity index (χ0) is 11.5. The van der Waals surface area contributed by atoms with Gasteiger partial charge in [0.05, 0.1) is 6.42 Å². The maximum Gasteiger partial charge on any atom is 0.420 e. The fourth-order valence-corrected chi connectivity index (χ4v) is 1.04. The van der Waals surface area contributed by atoms with Crippen molar-refractivity contribution >= 4 is 12.4 Å². The van der Waals surface area contributed by atoms with E-state index in [2.05, 4.69) is 4.98 Å². The van der Waals surface area contributed by atoms with Crippen LogP contribution in [0, 0.1) is 0 Å². The number of imidazole rings is 1. The summed E-state index contributed by atoms with van der Waals surface area (Å²) >= 11 is 0. The number of hydrogen-bond acceptors (Lipinski definition) is 4. The molecule has 82 valence electrons. The van der Waals surface area contributed by atoms with Gasteiger partial charge in [-0.25, -0.2) is 14.3 Å². The highest BCUT2D eigenvalue weighted by molar-refractivity contribution is 5.72. The fraction of sp³-hybridized carbons (Fsp3) is 0.500. The van der Waals surface area contributed by atoms with Gasteiger partial charge in [0.1, 0.15) is 17.7 Å². The summed E-state index contributed by atoms with van der Waals surface area (Å²) in [6.07, 6.45) is 3.22. The van der Waals surface area contributed by atoms with Gasteiger partial charge >= 0.3 is 6.09 Å². The lowest BCUT2D eigenvalue weighted by Crippen LogP contribution is -2.27. The molecule has 0 saturated heterocycles. The zero-order valence-corrected chi connectivity index (χ0v) is 9.06. The third-order valence-electron chi connectivity index (χ3n) is 1.57. The lowest BCUT2D eigenvalue weighted by atomic mass is 10.2. The monoisotopic (exact) mass is 210 g/mol. The molecule has 15 heavy (non-hydrogen) atoms. The Bertz CT molecular complexity index is 363. The molecule has 5 nitrogen and oxygen atoms in total. The second-order valence-electron chi connectivity index (χ2n) is 4.06. The highest BCUT2D eigenvalue weighted by atomic mass is 16.6. The van der Waals surface area contributed by atoms with Crippen LogP contribution in [-0.4, -0.2) is 27.5 Å². The zero-order valence-electron chi connectivity index (χ0n) is 9.06. The van der Waals surface area contributed by atoms with Crippen LogP contribution in [0.25, 0.3) is 0 Å². The number of carbonyl (C=O) groups excluding carboxylic acids is 2. The molecule has 0 atom stereocenters. The first-order chi connectivity index (χ1) is 6.94. The Balaban J connectivity index is 2.82. The van der Waals surface area contributed by atoms with Crippen molar-refractivity contribution in [2.75, 3.05) is 0 Å². The number of aromatic nitrogens is 2. The van der Waals surface area contributed by atoms with Crippen LogP contribution in [-0.2, 0) is 16.0 Å². The molecule has 0 fully saturated rings. The molecular weight excluding hydrogens is 196 g/mol. The predicted octanol–water partition coefficient (Wildman–Crippen LogP) is 1.41. The Morgan fingerprint density at radius 2 is 2.27 bits per heavy atom. The maximum absolute atomic E-state index is 11.6. The SMILES string of the molecule is CC(C)(C)OC(=O)n1ccnc1CC=O. The normalized spacial score (nSPS) is 11.1. The van der Waals surface area contributed by atoms with E-state index in [1.165, 1.54) is 17.0 Å². The molecule has 0 N–H and O–H groups in total. The quantitative estimate of drug-likeness (QED) is 0.692. The van der Waals surface area contributed by atoms with E-state index in [1.54, 1.807) is 20.8 Å². The lowest BCUT2D eigenvalue weighted by Gasteiger charge is -2.19. The molecule has 5 heteroatoms. The van der Waals surface area contributed by atoms with Crippen molar-refractivity contribution in [3.05, 3.63) is 18.2 Å². The average Bonchev–Trinajstić information content (AvgIpc) is 2.49. The highest BCUT2D eigenvalue weighted by Gasteiger charge is 2.19. The van der Waals surface area contributed by atoms with Crippen LogP contribution >= 0.6 is 0 Å².